The molecule has 0 aromatic carbocycles. The van der Waals surface area contributed by atoms with Crippen molar-refractivity contribution >= 4 is 11.9 Å². The van der Waals surface area contributed by atoms with E-state index in [0.29, 0.717) is 37.4 Å². The van der Waals surface area contributed by atoms with Crippen molar-refractivity contribution in [2.75, 3.05) is 13.2 Å². The molecular weight excluding hydrogens is 460 g/mol. The van der Waals surface area contributed by atoms with Crippen molar-refractivity contribution < 1.29 is 19.1 Å². The second kappa shape index (κ2) is 25.2. The van der Waals surface area contributed by atoms with E-state index in [4.69, 9.17) is 9.47 Å². The molecule has 2 atom stereocenters. The van der Waals surface area contributed by atoms with Gasteiger partial charge in [0.15, 0.2) is 0 Å². The molecule has 0 aliphatic rings. The van der Waals surface area contributed by atoms with Gasteiger partial charge in [0.1, 0.15) is 0 Å². The average Bonchev–Trinajstić information content (AvgIpc) is 2.85. The van der Waals surface area contributed by atoms with Crippen molar-refractivity contribution in [3.63, 3.8) is 0 Å². The number of ether oxygens (including phenoxy) is 2. The zero-order valence-corrected chi connectivity index (χ0v) is 25.8. The van der Waals surface area contributed by atoms with Crippen LogP contribution >= 0.6 is 0 Å². The van der Waals surface area contributed by atoms with Gasteiger partial charge in [-0.3, -0.25) is 9.59 Å². The molecule has 0 rings (SSSR count). The van der Waals surface area contributed by atoms with E-state index in [1.165, 1.54) is 77.0 Å². The number of unbranched alkanes of at least 4 members (excludes halogenated alkanes) is 14. The maximum Gasteiger partial charge on any atom is 0.309 e. The molecule has 0 heterocycles. The number of carbonyl (C=O) groups is 2. The van der Waals surface area contributed by atoms with E-state index in [-0.39, 0.29) is 17.9 Å². The monoisotopic (exact) mass is 524 g/mol. The molecule has 220 valence electrons. The summed E-state index contributed by atoms with van der Waals surface area (Å²) in [5, 5.41) is 0. The summed E-state index contributed by atoms with van der Waals surface area (Å²) < 4.78 is 11.1. The van der Waals surface area contributed by atoms with E-state index >= 15 is 0 Å². The summed E-state index contributed by atoms with van der Waals surface area (Å²) in [5.74, 6) is 1.20. The van der Waals surface area contributed by atoms with E-state index < -0.39 is 0 Å². The molecule has 4 nitrogen and oxygen atoms in total. The Labute approximate surface area is 231 Å². The molecule has 2 unspecified atom stereocenters. The second-order valence-electron chi connectivity index (χ2n) is 11.9. The Kier molecular flexibility index (Phi) is 24.5. The van der Waals surface area contributed by atoms with Crippen LogP contribution < -0.4 is 0 Å². The Morgan fingerprint density at radius 2 is 1.00 bits per heavy atom. The smallest absolute Gasteiger partial charge is 0.309 e. The van der Waals surface area contributed by atoms with Crippen LogP contribution in [0, 0.1) is 23.7 Å². The van der Waals surface area contributed by atoms with Crippen LogP contribution in [-0.2, 0) is 19.1 Å². The maximum atomic E-state index is 13.0. The lowest BCUT2D eigenvalue weighted by atomic mass is 9.74. The third-order valence-corrected chi connectivity index (χ3v) is 7.73. The zero-order valence-electron chi connectivity index (χ0n) is 25.8. The molecule has 37 heavy (non-hydrogen) atoms. The number of hydrogen-bond acceptors (Lipinski definition) is 4. The van der Waals surface area contributed by atoms with Gasteiger partial charge in [-0.15, -0.1) is 0 Å². The second-order valence-corrected chi connectivity index (χ2v) is 11.9. The summed E-state index contributed by atoms with van der Waals surface area (Å²) in [6.45, 7) is 14.5. The summed E-state index contributed by atoms with van der Waals surface area (Å²) in [6.07, 6.45) is 21.6. The minimum atomic E-state index is -0.0232. The van der Waals surface area contributed by atoms with Gasteiger partial charge in [0.05, 0.1) is 19.1 Å². The van der Waals surface area contributed by atoms with Crippen LogP contribution in [-0.4, -0.2) is 25.2 Å². The maximum absolute atomic E-state index is 13.0. The number of esters is 2. The highest BCUT2D eigenvalue weighted by Crippen LogP contribution is 2.33. The topological polar surface area (TPSA) is 52.6 Å². The van der Waals surface area contributed by atoms with E-state index in [1.54, 1.807) is 0 Å². The highest BCUT2D eigenvalue weighted by Gasteiger charge is 2.33. The Morgan fingerprint density at radius 1 is 0.541 bits per heavy atom. The Hall–Kier alpha value is -1.06. The molecule has 0 fully saturated rings. The summed E-state index contributed by atoms with van der Waals surface area (Å²) in [5.41, 5.74) is 0. The van der Waals surface area contributed by atoms with E-state index in [9.17, 15) is 9.59 Å². The molecule has 0 N–H and O–H groups in total. The first-order chi connectivity index (χ1) is 17.8. The SMILES string of the molecule is CCCCCCCOC(=O)CCCCCCCCCC(C(C)C)C(C(=O)OCCCCCCC)C(C)C. The Bertz CT molecular complexity index is 528. The molecule has 0 aliphatic carbocycles. The van der Waals surface area contributed by atoms with Crippen molar-refractivity contribution in [1.29, 1.82) is 0 Å². The van der Waals surface area contributed by atoms with Gasteiger partial charge >= 0.3 is 11.9 Å². The van der Waals surface area contributed by atoms with Crippen molar-refractivity contribution in [2.45, 2.75) is 164 Å². The van der Waals surface area contributed by atoms with Crippen LogP contribution in [0.4, 0.5) is 0 Å². The third-order valence-electron chi connectivity index (χ3n) is 7.73. The fraction of sp³-hybridized carbons (Fsp3) is 0.939. The summed E-state index contributed by atoms with van der Waals surface area (Å²) in [4.78, 5) is 24.8. The summed E-state index contributed by atoms with van der Waals surface area (Å²) in [7, 11) is 0. The first kappa shape index (κ1) is 35.9. The minimum absolute atomic E-state index is 0.00624. The zero-order chi connectivity index (χ0) is 27.7. The number of rotatable bonds is 26. The van der Waals surface area contributed by atoms with Crippen LogP contribution in [0.2, 0.25) is 0 Å². The van der Waals surface area contributed by atoms with Gasteiger partial charge in [0, 0.05) is 6.42 Å². The van der Waals surface area contributed by atoms with Crippen LogP contribution in [0.25, 0.3) is 0 Å². The van der Waals surface area contributed by atoms with Crippen molar-refractivity contribution in [1.82, 2.24) is 0 Å². The molecule has 0 radical (unpaired) electrons. The molecule has 0 bridgehead atoms. The minimum Gasteiger partial charge on any atom is -0.466 e. The van der Waals surface area contributed by atoms with Crippen LogP contribution in [0.5, 0.6) is 0 Å². The number of carbonyl (C=O) groups excluding carboxylic acids is 2. The van der Waals surface area contributed by atoms with Crippen LogP contribution in [0.15, 0.2) is 0 Å². The fourth-order valence-corrected chi connectivity index (χ4v) is 5.34. The lowest BCUT2D eigenvalue weighted by molar-refractivity contribution is -0.153. The first-order valence-corrected chi connectivity index (χ1v) is 16.2. The molecule has 0 spiro atoms. The summed E-state index contributed by atoms with van der Waals surface area (Å²) >= 11 is 0. The molecule has 0 aromatic heterocycles. The van der Waals surface area contributed by atoms with Crippen molar-refractivity contribution in [3.05, 3.63) is 0 Å². The number of hydrogen-bond donors (Lipinski definition) is 0. The molecule has 0 aromatic rings. The van der Waals surface area contributed by atoms with Gasteiger partial charge < -0.3 is 9.47 Å². The van der Waals surface area contributed by atoms with E-state index in [0.717, 1.165) is 38.5 Å². The van der Waals surface area contributed by atoms with Gasteiger partial charge in [-0.05, 0) is 43.4 Å². The molecule has 0 saturated carbocycles. The lowest BCUT2D eigenvalue weighted by Crippen LogP contribution is -2.33. The molecular formula is C33H64O4. The fourth-order valence-electron chi connectivity index (χ4n) is 5.34. The quantitative estimate of drug-likeness (QED) is 0.0834. The van der Waals surface area contributed by atoms with Gasteiger partial charge in [0.2, 0.25) is 0 Å². The van der Waals surface area contributed by atoms with Gasteiger partial charge in [0.25, 0.3) is 0 Å². The predicted octanol–water partition coefficient (Wildman–Crippen LogP) is 10.1. The first-order valence-electron chi connectivity index (χ1n) is 16.2. The van der Waals surface area contributed by atoms with E-state index in [2.05, 4.69) is 41.5 Å². The lowest BCUT2D eigenvalue weighted by Gasteiger charge is -2.31. The van der Waals surface area contributed by atoms with Gasteiger partial charge in [-0.25, -0.2) is 0 Å². The van der Waals surface area contributed by atoms with Gasteiger partial charge in [-0.1, -0.05) is 131 Å². The molecule has 0 aliphatic heterocycles. The van der Waals surface area contributed by atoms with Crippen LogP contribution in [0.1, 0.15) is 164 Å². The highest BCUT2D eigenvalue weighted by atomic mass is 16.5. The van der Waals surface area contributed by atoms with Gasteiger partial charge in [-0.2, -0.15) is 0 Å². The standard InChI is InChI=1S/C33H64O4/c1-7-9-11-18-22-26-36-31(34)25-21-17-15-13-14-16-20-24-30(28(3)4)32(29(5)6)33(35)37-27-23-19-12-10-8-2/h28-30,32H,7-27H2,1-6H3. The van der Waals surface area contributed by atoms with Crippen LogP contribution in [0.3, 0.4) is 0 Å². The van der Waals surface area contributed by atoms with Crippen molar-refractivity contribution in [3.8, 4) is 0 Å². The third kappa shape index (κ3) is 20.6. The average molecular weight is 525 g/mol. The van der Waals surface area contributed by atoms with Crippen molar-refractivity contribution in [2.24, 2.45) is 23.7 Å². The Balaban J connectivity index is 4.02. The highest BCUT2D eigenvalue weighted by molar-refractivity contribution is 5.73. The molecule has 0 saturated heterocycles. The van der Waals surface area contributed by atoms with E-state index in [1.807, 2.05) is 0 Å². The molecule has 4 heteroatoms. The predicted molar refractivity (Wildman–Crippen MR) is 158 cm³/mol. The largest absolute Gasteiger partial charge is 0.466 e. The summed E-state index contributed by atoms with van der Waals surface area (Å²) in [6, 6.07) is 0. The normalized spacial score (nSPS) is 13.2. The Morgan fingerprint density at radius 3 is 1.51 bits per heavy atom. The molecule has 0 amide bonds.